The van der Waals surface area contributed by atoms with Gasteiger partial charge in [-0.1, -0.05) is 11.8 Å². The standard InChI is InChI=1S/C18H25N3O4S/c1-24-15-3-4-16(25-2)14(11-15)12-19-5-7-20(8-6-19)17(22)13-21-9-10-26-18(21)23/h3-4,11H,5-10,12-13H2,1-2H3. The molecule has 0 aromatic heterocycles. The Morgan fingerprint density at radius 3 is 2.50 bits per heavy atom. The zero-order valence-corrected chi connectivity index (χ0v) is 16.1. The first-order valence-corrected chi connectivity index (χ1v) is 9.72. The number of carbonyl (C=O) groups is 2. The van der Waals surface area contributed by atoms with E-state index >= 15 is 0 Å². The fourth-order valence-corrected chi connectivity index (χ4v) is 4.06. The second-order valence-corrected chi connectivity index (χ2v) is 7.42. The maximum Gasteiger partial charge on any atom is 0.282 e. The van der Waals surface area contributed by atoms with Gasteiger partial charge in [0.2, 0.25) is 5.91 Å². The number of methoxy groups -OCH3 is 2. The molecular weight excluding hydrogens is 354 g/mol. The molecule has 0 aliphatic carbocycles. The fraction of sp³-hybridized carbons (Fsp3) is 0.556. The van der Waals surface area contributed by atoms with E-state index in [4.69, 9.17) is 9.47 Å². The summed E-state index contributed by atoms with van der Waals surface area (Å²) in [5.74, 6) is 2.47. The summed E-state index contributed by atoms with van der Waals surface area (Å²) in [4.78, 5) is 29.9. The van der Waals surface area contributed by atoms with Crippen LogP contribution in [-0.2, 0) is 11.3 Å². The van der Waals surface area contributed by atoms with Crippen LogP contribution in [0.2, 0.25) is 0 Å². The van der Waals surface area contributed by atoms with E-state index in [1.165, 1.54) is 11.8 Å². The van der Waals surface area contributed by atoms with Crippen LogP contribution in [0.15, 0.2) is 18.2 Å². The Kier molecular flexibility index (Phi) is 6.26. The smallest absolute Gasteiger partial charge is 0.282 e. The van der Waals surface area contributed by atoms with Gasteiger partial charge in [-0.05, 0) is 18.2 Å². The molecule has 3 rings (SSSR count). The maximum absolute atomic E-state index is 12.4. The number of benzene rings is 1. The second-order valence-electron chi connectivity index (χ2n) is 6.37. The summed E-state index contributed by atoms with van der Waals surface area (Å²) < 4.78 is 10.7. The number of amides is 2. The molecular formula is C18H25N3O4S. The van der Waals surface area contributed by atoms with E-state index in [0.717, 1.165) is 42.4 Å². The van der Waals surface area contributed by atoms with Crippen LogP contribution in [-0.4, -0.2) is 85.1 Å². The van der Waals surface area contributed by atoms with Gasteiger partial charge in [-0.3, -0.25) is 14.5 Å². The molecule has 2 aliphatic rings. The number of rotatable bonds is 6. The van der Waals surface area contributed by atoms with Crippen molar-refractivity contribution in [3.8, 4) is 11.5 Å². The van der Waals surface area contributed by atoms with Crippen LogP contribution in [0.25, 0.3) is 0 Å². The van der Waals surface area contributed by atoms with Gasteiger partial charge in [-0.15, -0.1) is 0 Å². The summed E-state index contributed by atoms with van der Waals surface area (Å²) in [6.45, 7) is 4.59. The molecule has 7 nitrogen and oxygen atoms in total. The minimum atomic E-state index is 0.0158. The van der Waals surface area contributed by atoms with Crippen LogP contribution in [0.4, 0.5) is 4.79 Å². The Bertz CT molecular complexity index is 662. The Hall–Kier alpha value is -1.93. The lowest BCUT2D eigenvalue weighted by Gasteiger charge is -2.35. The normalized spacial score (nSPS) is 18.3. The highest BCUT2D eigenvalue weighted by Crippen LogP contribution is 2.25. The number of piperazine rings is 1. The largest absolute Gasteiger partial charge is 0.497 e. The summed E-state index contributed by atoms with van der Waals surface area (Å²) in [5.41, 5.74) is 1.08. The summed E-state index contributed by atoms with van der Waals surface area (Å²) in [6, 6.07) is 5.79. The first kappa shape index (κ1) is 18.8. The van der Waals surface area contributed by atoms with Gasteiger partial charge in [0.15, 0.2) is 0 Å². The lowest BCUT2D eigenvalue weighted by Crippen LogP contribution is -2.50. The Labute approximate surface area is 158 Å². The van der Waals surface area contributed by atoms with E-state index in [9.17, 15) is 9.59 Å². The molecule has 1 aromatic carbocycles. The molecule has 0 atom stereocenters. The highest BCUT2D eigenvalue weighted by Gasteiger charge is 2.27. The molecule has 142 valence electrons. The summed E-state index contributed by atoms with van der Waals surface area (Å²) >= 11 is 1.29. The zero-order chi connectivity index (χ0) is 18.5. The number of hydrogen-bond donors (Lipinski definition) is 0. The van der Waals surface area contributed by atoms with E-state index in [0.29, 0.717) is 19.6 Å². The van der Waals surface area contributed by atoms with E-state index in [1.54, 1.807) is 19.1 Å². The molecule has 26 heavy (non-hydrogen) atoms. The maximum atomic E-state index is 12.4. The molecule has 2 amide bonds. The van der Waals surface area contributed by atoms with Crippen molar-refractivity contribution in [1.82, 2.24) is 14.7 Å². The van der Waals surface area contributed by atoms with Crippen LogP contribution >= 0.6 is 11.8 Å². The van der Waals surface area contributed by atoms with Gasteiger partial charge in [-0.25, -0.2) is 0 Å². The molecule has 8 heteroatoms. The third kappa shape index (κ3) is 4.42. The molecule has 0 N–H and O–H groups in total. The third-order valence-electron chi connectivity index (χ3n) is 4.78. The predicted octanol–water partition coefficient (Wildman–Crippen LogP) is 1.52. The van der Waals surface area contributed by atoms with Crippen molar-refractivity contribution in [3.63, 3.8) is 0 Å². The highest BCUT2D eigenvalue weighted by atomic mass is 32.2. The minimum absolute atomic E-state index is 0.0158. The van der Waals surface area contributed by atoms with E-state index in [1.807, 2.05) is 23.1 Å². The molecule has 2 saturated heterocycles. The van der Waals surface area contributed by atoms with Crippen molar-refractivity contribution in [2.45, 2.75) is 6.54 Å². The monoisotopic (exact) mass is 379 g/mol. The summed E-state index contributed by atoms with van der Waals surface area (Å²) in [5, 5.41) is 0.0158. The Balaban J connectivity index is 1.52. The average molecular weight is 379 g/mol. The summed E-state index contributed by atoms with van der Waals surface area (Å²) in [7, 11) is 3.32. The van der Waals surface area contributed by atoms with Crippen LogP contribution < -0.4 is 9.47 Å². The van der Waals surface area contributed by atoms with Crippen LogP contribution in [0.5, 0.6) is 11.5 Å². The second kappa shape index (κ2) is 8.64. The predicted molar refractivity (Wildman–Crippen MR) is 101 cm³/mol. The Morgan fingerprint density at radius 1 is 1.12 bits per heavy atom. The van der Waals surface area contributed by atoms with Crippen LogP contribution in [0, 0.1) is 0 Å². The van der Waals surface area contributed by atoms with Crippen molar-refractivity contribution >= 4 is 22.9 Å². The van der Waals surface area contributed by atoms with Crippen LogP contribution in [0.1, 0.15) is 5.56 Å². The van der Waals surface area contributed by atoms with Crippen molar-refractivity contribution in [3.05, 3.63) is 23.8 Å². The van der Waals surface area contributed by atoms with Gasteiger partial charge in [0.1, 0.15) is 18.0 Å². The molecule has 0 unspecified atom stereocenters. The minimum Gasteiger partial charge on any atom is -0.497 e. The zero-order valence-electron chi connectivity index (χ0n) is 15.3. The van der Waals surface area contributed by atoms with Gasteiger partial charge in [0, 0.05) is 50.6 Å². The number of hydrogen-bond acceptors (Lipinski definition) is 6. The quantitative estimate of drug-likeness (QED) is 0.747. The van der Waals surface area contributed by atoms with Crippen molar-refractivity contribution < 1.29 is 19.1 Å². The average Bonchev–Trinajstić information content (AvgIpc) is 3.06. The van der Waals surface area contributed by atoms with E-state index in [-0.39, 0.29) is 17.7 Å². The van der Waals surface area contributed by atoms with Gasteiger partial charge in [0.05, 0.1) is 14.2 Å². The van der Waals surface area contributed by atoms with E-state index in [2.05, 4.69) is 4.90 Å². The molecule has 0 spiro atoms. The van der Waals surface area contributed by atoms with Crippen molar-refractivity contribution in [1.29, 1.82) is 0 Å². The molecule has 0 radical (unpaired) electrons. The molecule has 0 bridgehead atoms. The molecule has 2 aliphatic heterocycles. The molecule has 1 aromatic rings. The molecule has 2 fully saturated rings. The van der Waals surface area contributed by atoms with Crippen LogP contribution in [0.3, 0.4) is 0 Å². The number of carbonyl (C=O) groups excluding carboxylic acids is 2. The first-order valence-electron chi connectivity index (χ1n) is 8.73. The fourth-order valence-electron chi connectivity index (χ4n) is 3.23. The lowest BCUT2D eigenvalue weighted by molar-refractivity contribution is -0.133. The Morgan fingerprint density at radius 2 is 1.88 bits per heavy atom. The van der Waals surface area contributed by atoms with Crippen molar-refractivity contribution in [2.75, 3.05) is 59.2 Å². The molecule has 2 heterocycles. The first-order chi connectivity index (χ1) is 12.6. The topological polar surface area (TPSA) is 62.3 Å². The molecule has 0 saturated carbocycles. The number of ether oxygens (including phenoxy) is 2. The lowest BCUT2D eigenvalue weighted by atomic mass is 10.1. The number of thioether (sulfide) groups is 1. The van der Waals surface area contributed by atoms with Gasteiger partial charge in [0.25, 0.3) is 5.24 Å². The third-order valence-corrected chi connectivity index (χ3v) is 5.67. The van der Waals surface area contributed by atoms with E-state index < -0.39 is 0 Å². The van der Waals surface area contributed by atoms with Crippen molar-refractivity contribution in [2.24, 2.45) is 0 Å². The summed E-state index contributed by atoms with van der Waals surface area (Å²) in [6.07, 6.45) is 0. The van der Waals surface area contributed by atoms with Gasteiger partial charge in [-0.2, -0.15) is 0 Å². The van der Waals surface area contributed by atoms with Gasteiger partial charge < -0.3 is 19.3 Å². The van der Waals surface area contributed by atoms with Gasteiger partial charge >= 0.3 is 0 Å². The number of nitrogens with zero attached hydrogens (tertiary/aromatic N) is 3. The SMILES string of the molecule is COc1ccc(OC)c(CN2CCN(C(=O)CN3CCSC3=O)CC2)c1. The highest BCUT2D eigenvalue weighted by molar-refractivity contribution is 8.13.